The number of aromatic nitrogens is 2. The Morgan fingerprint density at radius 3 is 2.24 bits per heavy atom. The van der Waals surface area contributed by atoms with E-state index < -0.39 is 12.9 Å². The molecule has 1 aliphatic carbocycles. The van der Waals surface area contributed by atoms with Crippen molar-refractivity contribution in [1.82, 2.24) is 20.2 Å². The van der Waals surface area contributed by atoms with E-state index in [-0.39, 0.29) is 24.2 Å². The topological polar surface area (TPSA) is 116 Å². The lowest BCUT2D eigenvalue weighted by molar-refractivity contribution is -0.127. The molecule has 1 aliphatic rings. The average molecular weight is 466 g/mol. The molecule has 34 heavy (non-hydrogen) atoms. The molecule has 3 N–H and O–H groups in total. The Labute approximate surface area is 202 Å². The van der Waals surface area contributed by atoms with E-state index in [2.05, 4.69) is 20.2 Å². The van der Waals surface area contributed by atoms with Crippen LogP contribution in [0.3, 0.4) is 0 Å². The zero-order valence-electron chi connectivity index (χ0n) is 19.7. The minimum atomic E-state index is -1.47. The lowest BCUT2D eigenvalue weighted by Crippen LogP contribution is -2.36. The van der Waals surface area contributed by atoms with Gasteiger partial charge < -0.3 is 15.4 Å². The van der Waals surface area contributed by atoms with Crippen molar-refractivity contribution < 1.29 is 19.6 Å². The second-order valence-corrected chi connectivity index (χ2v) is 9.02. The van der Waals surface area contributed by atoms with Crippen LogP contribution in [0.5, 0.6) is 0 Å². The van der Waals surface area contributed by atoms with Crippen molar-refractivity contribution in [3.63, 3.8) is 0 Å². The summed E-state index contributed by atoms with van der Waals surface area (Å²) in [6.07, 6.45) is 8.70. The lowest BCUT2D eigenvalue weighted by atomic mass is 9.66. The smallest absolute Gasteiger partial charge is 0.427 e. The zero-order chi connectivity index (χ0) is 24.2. The molecule has 3 rings (SSSR count). The molecule has 182 valence electrons. The van der Waals surface area contributed by atoms with Gasteiger partial charge in [-0.25, -0.2) is 0 Å². The van der Waals surface area contributed by atoms with Gasteiger partial charge in [0.1, 0.15) is 0 Å². The Bertz CT molecular complexity index is 843. The van der Waals surface area contributed by atoms with Crippen molar-refractivity contribution in [2.45, 2.75) is 63.9 Å². The fourth-order valence-corrected chi connectivity index (χ4v) is 4.60. The summed E-state index contributed by atoms with van der Waals surface area (Å²) in [7, 11) is -1.47. The number of unbranched alkanes of at least 4 members (excludes halogenated alkanes) is 2. The van der Waals surface area contributed by atoms with Gasteiger partial charge in [-0.3, -0.25) is 24.5 Å². The Hall–Kier alpha value is -2.62. The van der Waals surface area contributed by atoms with Crippen LogP contribution in [0, 0.1) is 5.92 Å². The largest absolute Gasteiger partial charge is 0.455 e. The second kappa shape index (κ2) is 13.9. The van der Waals surface area contributed by atoms with Gasteiger partial charge in [0, 0.05) is 43.6 Å². The highest BCUT2D eigenvalue weighted by molar-refractivity contribution is 6.44. The number of rotatable bonds is 14. The van der Waals surface area contributed by atoms with Crippen LogP contribution in [0.2, 0.25) is 5.82 Å². The number of carbonyl (C=O) groups is 2. The fourth-order valence-electron chi connectivity index (χ4n) is 4.60. The van der Waals surface area contributed by atoms with E-state index in [0.717, 1.165) is 56.7 Å². The van der Waals surface area contributed by atoms with Gasteiger partial charge in [-0.15, -0.1) is 0 Å². The highest BCUT2D eigenvalue weighted by atomic mass is 16.4. The summed E-state index contributed by atoms with van der Waals surface area (Å²) in [6.45, 7) is 2.32. The van der Waals surface area contributed by atoms with Crippen LogP contribution in [-0.2, 0) is 22.7 Å². The lowest BCUT2D eigenvalue weighted by Gasteiger charge is -2.21. The molecule has 1 amide bonds. The molecule has 0 aliphatic heterocycles. The maximum absolute atomic E-state index is 12.4. The van der Waals surface area contributed by atoms with Crippen molar-refractivity contribution in [1.29, 1.82) is 0 Å². The van der Waals surface area contributed by atoms with Crippen LogP contribution in [0.15, 0.2) is 48.8 Å². The number of pyridine rings is 2. The van der Waals surface area contributed by atoms with Gasteiger partial charge in [0.15, 0.2) is 5.78 Å². The summed E-state index contributed by atoms with van der Waals surface area (Å²) in [5.74, 6) is -1.02. The molecule has 2 heterocycles. The summed E-state index contributed by atoms with van der Waals surface area (Å²) in [6, 6.07) is 11.8. The van der Waals surface area contributed by atoms with E-state index in [0.29, 0.717) is 19.3 Å². The molecule has 2 aromatic heterocycles. The standard InChI is InChI=1S/C25H35BN4O4/c31-24(22-11-8-12-23(22)26(33)34)17-29-25(32)13-2-1-7-16-30(18-20-9-3-5-14-27-20)19-21-10-4-6-15-28-21/h3-6,9-10,14-15,22-23,33-34H,1-2,7-8,11-13,16-19H2,(H,29,32). The van der Waals surface area contributed by atoms with E-state index in [1.165, 1.54) is 0 Å². The fraction of sp³-hybridized carbons (Fsp3) is 0.520. The molecule has 2 unspecified atom stereocenters. The monoisotopic (exact) mass is 466 g/mol. The van der Waals surface area contributed by atoms with Crippen molar-refractivity contribution in [2.75, 3.05) is 13.1 Å². The number of carbonyl (C=O) groups excluding carboxylic acids is 2. The number of ketones is 1. The maximum atomic E-state index is 12.4. The van der Waals surface area contributed by atoms with Crippen molar-refractivity contribution in [3.05, 3.63) is 60.2 Å². The first-order valence-electron chi connectivity index (χ1n) is 12.2. The molecular formula is C25H35BN4O4. The first-order valence-corrected chi connectivity index (χ1v) is 12.2. The van der Waals surface area contributed by atoms with Crippen molar-refractivity contribution >= 4 is 18.8 Å². The molecule has 1 fully saturated rings. The van der Waals surface area contributed by atoms with E-state index >= 15 is 0 Å². The van der Waals surface area contributed by atoms with Crippen LogP contribution in [0.4, 0.5) is 0 Å². The quantitative estimate of drug-likeness (QED) is 0.289. The Morgan fingerprint density at radius 2 is 1.65 bits per heavy atom. The van der Waals surface area contributed by atoms with E-state index in [9.17, 15) is 19.6 Å². The zero-order valence-corrected chi connectivity index (χ0v) is 19.7. The SMILES string of the molecule is O=C(CCCCCN(Cc1ccccn1)Cc1ccccn1)NCC(=O)C1CCCC1B(O)O. The van der Waals surface area contributed by atoms with Crippen LogP contribution >= 0.6 is 0 Å². The first kappa shape index (κ1) is 26.0. The molecule has 1 saturated carbocycles. The molecule has 9 heteroatoms. The molecular weight excluding hydrogens is 431 g/mol. The third kappa shape index (κ3) is 8.63. The molecule has 2 aromatic rings. The molecule has 0 saturated heterocycles. The third-order valence-electron chi connectivity index (χ3n) is 6.43. The molecule has 0 aromatic carbocycles. The summed E-state index contributed by atoms with van der Waals surface area (Å²) < 4.78 is 0. The van der Waals surface area contributed by atoms with Crippen LogP contribution < -0.4 is 5.32 Å². The number of amides is 1. The number of nitrogens with one attached hydrogen (secondary N) is 1. The normalized spacial score (nSPS) is 17.6. The summed E-state index contributed by atoms with van der Waals surface area (Å²) in [5, 5.41) is 21.6. The van der Waals surface area contributed by atoms with Crippen molar-refractivity contribution in [3.8, 4) is 0 Å². The van der Waals surface area contributed by atoms with Gasteiger partial charge in [0.2, 0.25) is 5.91 Å². The molecule has 0 radical (unpaired) electrons. The number of hydrogen-bond donors (Lipinski definition) is 3. The first-order chi connectivity index (χ1) is 16.5. The summed E-state index contributed by atoms with van der Waals surface area (Å²) in [5.41, 5.74) is 2.03. The molecule has 8 nitrogen and oxygen atoms in total. The molecule has 0 bridgehead atoms. The molecule has 0 spiro atoms. The van der Waals surface area contributed by atoms with Crippen LogP contribution in [0.25, 0.3) is 0 Å². The minimum absolute atomic E-state index is 0.0331. The van der Waals surface area contributed by atoms with Gasteiger partial charge >= 0.3 is 7.12 Å². The molecule has 2 atom stereocenters. The van der Waals surface area contributed by atoms with Crippen LogP contribution in [-0.4, -0.2) is 56.8 Å². The highest BCUT2D eigenvalue weighted by Gasteiger charge is 2.39. The predicted octanol–water partition coefficient (Wildman–Crippen LogP) is 2.37. The number of Topliss-reactive ketones (excluding diaryl/α,β-unsaturated/α-hetero) is 1. The second-order valence-electron chi connectivity index (χ2n) is 9.02. The van der Waals surface area contributed by atoms with Gasteiger partial charge in [0.25, 0.3) is 0 Å². The summed E-state index contributed by atoms with van der Waals surface area (Å²) >= 11 is 0. The Kier molecular flexibility index (Phi) is 10.7. The van der Waals surface area contributed by atoms with E-state index in [1.54, 1.807) is 12.4 Å². The minimum Gasteiger partial charge on any atom is -0.427 e. The Balaban J connectivity index is 1.35. The van der Waals surface area contributed by atoms with Crippen molar-refractivity contribution in [2.24, 2.45) is 5.92 Å². The van der Waals surface area contributed by atoms with Gasteiger partial charge in [-0.1, -0.05) is 31.4 Å². The summed E-state index contributed by atoms with van der Waals surface area (Å²) in [4.78, 5) is 35.7. The van der Waals surface area contributed by atoms with E-state index in [1.807, 2.05) is 36.4 Å². The van der Waals surface area contributed by atoms with Gasteiger partial charge in [-0.05, 0) is 50.1 Å². The van der Waals surface area contributed by atoms with Gasteiger partial charge in [-0.2, -0.15) is 0 Å². The maximum Gasteiger partial charge on any atom is 0.455 e. The Morgan fingerprint density at radius 1 is 0.971 bits per heavy atom. The highest BCUT2D eigenvalue weighted by Crippen LogP contribution is 2.37. The number of nitrogens with zero attached hydrogens (tertiary/aromatic N) is 3. The third-order valence-corrected chi connectivity index (χ3v) is 6.43. The number of hydrogen-bond acceptors (Lipinski definition) is 7. The van der Waals surface area contributed by atoms with Gasteiger partial charge in [0.05, 0.1) is 17.9 Å². The predicted molar refractivity (Wildman–Crippen MR) is 130 cm³/mol. The average Bonchev–Trinajstić information content (AvgIpc) is 3.34. The van der Waals surface area contributed by atoms with E-state index in [4.69, 9.17) is 0 Å². The van der Waals surface area contributed by atoms with Crippen LogP contribution in [0.1, 0.15) is 56.3 Å².